The number of hydrogen-bond acceptors (Lipinski definition) is 4. The molecule has 0 aliphatic heterocycles. The molecule has 0 heterocycles. The van der Waals surface area contributed by atoms with Crippen LogP contribution < -0.4 is 4.13 Å². The summed E-state index contributed by atoms with van der Waals surface area (Å²) in [6.45, 7) is 0. The number of hydrogen-bond donors (Lipinski definition) is 3. The van der Waals surface area contributed by atoms with Crippen LogP contribution in [0.2, 0.25) is 0 Å². The van der Waals surface area contributed by atoms with Gasteiger partial charge in [-0.05, 0) is 18.2 Å². The second-order valence-electron chi connectivity index (χ2n) is 4.32. The molecule has 0 saturated carbocycles. The number of alkyl halides is 9. The molecule has 0 spiro atoms. The monoisotopic (exact) mass is 427 g/mol. The lowest BCUT2D eigenvalue weighted by Gasteiger charge is -2.33. The third-order valence-electron chi connectivity index (χ3n) is 2.42. The van der Waals surface area contributed by atoms with E-state index in [1.165, 1.54) is 0 Å². The van der Waals surface area contributed by atoms with Crippen LogP contribution in [0.1, 0.15) is 11.1 Å². The molecule has 25 heavy (non-hydrogen) atoms. The molecule has 0 aliphatic carbocycles. The van der Waals surface area contributed by atoms with E-state index >= 15 is 0 Å². The minimum Gasteiger partial charge on any atom is -0.281 e. The van der Waals surface area contributed by atoms with Crippen LogP contribution in [0, 0.1) is 0 Å². The van der Waals surface area contributed by atoms with Crippen LogP contribution in [-0.4, -0.2) is 23.0 Å². The third kappa shape index (κ3) is 5.13. The van der Waals surface area contributed by atoms with Gasteiger partial charge < -0.3 is 0 Å². The number of halogens is 9. The first-order valence-electron chi connectivity index (χ1n) is 5.45. The number of nitrogens with one attached hydrogen (secondary N) is 1. The van der Waals surface area contributed by atoms with Gasteiger partial charge in [0.1, 0.15) is 0 Å². The fourth-order valence-corrected chi connectivity index (χ4v) is 3.91. The van der Waals surface area contributed by atoms with Crippen molar-refractivity contribution in [3.8, 4) is 0 Å². The Hall–Kier alpha value is -1.23. The van der Waals surface area contributed by atoms with Crippen molar-refractivity contribution < 1.29 is 57.0 Å². The molecule has 1 aromatic carbocycles. The first kappa shape index (κ1) is 21.8. The van der Waals surface area contributed by atoms with Crippen LogP contribution in [-0.2, 0) is 22.4 Å². The smallest absolute Gasteiger partial charge is 0.281 e. The minimum atomic E-state index is -6.48. The van der Waals surface area contributed by atoms with Gasteiger partial charge >= 0.3 is 27.9 Å². The first-order chi connectivity index (χ1) is 10.8. The van der Waals surface area contributed by atoms with Gasteiger partial charge in [-0.3, -0.25) is 9.11 Å². The van der Waals surface area contributed by atoms with Gasteiger partial charge in [0.15, 0.2) is 0 Å². The molecule has 146 valence electrons. The summed E-state index contributed by atoms with van der Waals surface area (Å²) in [6, 6.07) is -1.07. The minimum absolute atomic E-state index is 0.253. The Bertz CT molecular complexity index is 720. The third-order valence-corrected chi connectivity index (χ3v) is 5.73. The predicted octanol–water partition coefficient (Wildman–Crippen LogP) is 4.19. The predicted molar refractivity (Wildman–Crippen MR) is 65.7 cm³/mol. The maximum absolute atomic E-state index is 12.6. The highest BCUT2D eigenvalue weighted by molar-refractivity contribution is 8.28. The molecular formula is C9H6F9NO4S2. The van der Waals surface area contributed by atoms with E-state index in [9.17, 15) is 57.0 Å². The maximum Gasteiger partial charge on any atom is 0.512 e. The Labute approximate surface area is 135 Å². The van der Waals surface area contributed by atoms with Crippen LogP contribution in [0.4, 0.5) is 39.5 Å². The van der Waals surface area contributed by atoms with Crippen molar-refractivity contribution in [2.75, 3.05) is 0 Å². The summed E-state index contributed by atoms with van der Waals surface area (Å²) in [6.07, 6.45) is -10.9. The van der Waals surface area contributed by atoms with Gasteiger partial charge in [0.25, 0.3) is 0 Å². The Morgan fingerprint density at radius 3 is 1.40 bits per heavy atom. The molecule has 0 fully saturated rings. The summed E-state index contributed by atoms with van der Waals surface area (Å²) in [5, 5.41) is 0. The zero-order chi connectivity index (χ0) is 20.1. The highest BCUT2D eigenvalue weighted by Gasteiger charge is 2.49. The van der Waals surface area contributed by atoms with E-state index in [1.54, 1.807) is 0 Å². The fraction of sp³-hybridized carbons (Fsp3) is 0.333. The molecule has 0 aromatic heterocycles. The van der Waals surface area contributed by atoms with Gasteiger partial charge in [-0.25, -0.2) is 8.42 Å². The van der Waals surface area contributed by atoms with E-state index in [4.69, 9.17) is 0 Å². The number of benzene rings is 1. The standard InChI is InChI=1S/C9H6F9NO4S2/c10-7(11,12)4-1-5(8(13,14)15)3-6(2-4)24(20,21)19-25(22,23)9(16,17)18/h1-3,19-21H. The molecule has 0 radical (unpaired) electrons. The molecule has 5 nitrogen and oxygen atoms in total. The highest BCUT2D eigenvalue weighted by Crippen LogP contribution is 2.49. The van der Waals surface area contributed by atoms with Crippen molar-refractivity contribution in [1.29, 1.82) is 0 Å². The maximum atomic E-state index is 12.6. The van der Waals surface area contributed by atoms with Crippen molar-refractivity contribution >= 4 is 20.8 Å². The van der Waals surface area contributed by atoms with Gasteiger partial charge in [0.05, 0.1) is 16.0 Å². The lowest BCUT2D eigenvalue weighted by atomic mass is 10.1. The van der Waals surface area contributed by atoms with Crippen molar-refractivity contribution in [1.82, 2.24) is 4.13 Å². The van der Waals surface area contributed by atoms with Gasteiger partial charge in [0, 0.05) is 0 Å². The summed E-state index contributed by atoms with van der Waals surface area (Å²) < 4.78 is 153. The highest BCUT2D eigenvalue weighted by atomic mass is 32.3. The lowest BCUT2D eigenvalue weighted by molar-refractivity contribution is -0.143. The molecule has 0 unspecified atom stereocenters. The van der Waals surface area contributed by atoms with Crippen LogP contribution in [0.3, 0.4) is 0 Å². The summed E-state index contributed by atoms with van der Waals surface area (Å²) in [7, 11) is -11.9. The molecule has 0 aliphatic rings. The summed E-state index contributed by atoms with van der Waals surface area (Å²) in [5.41, 5.74) is -10.3. The topological polar surface area (TPSA) is 86.6 Å². The van der Waals surface area contributed by atoms with E-state index in [0.29, 0.717) is 0 Å². The molecule has 1 rings (SSSR count). The molecule has 0 atom stereocenters. The van der Waals surface area contributed by atoms with Gasteiger partial charge in [-0.15, -0.1) is 4.13 Å². The normalized spacial score (nSPS) is 15.3. The quantitative estimate of drug-likeness (QED) is 0.632. The van der Waals surface area contributed by atoms with Crippen LogP contribution >= 0.6 is 10.8 Å². The zero-order valence-electron chi connectivity index (χ0n) is 11.2. The van der Waals surface area contributed by atoms with E-state index < -0.39 is 60.7 Å². The summed E-state index contributed by atoms with van der Waals surface area (Å²) >= 11 is 0. The van der Waals surface area contributed by atoms with Gasteiger partial charge in [-0.2, -0.15) is 39.5 Å². The van der Waals surface area contributed by atoms with Crippen molar-refractivity contribution in [2.45, 2.75) is 22.8 Å². The molecule has 3 N–H and O–H groups in total. The average Bonchev–Trinajstić information content (AvgIpc) is 2.33. The Balaban J connectivity index is 3.54. The van der Waals surface area contributed by atoms with Crippen LogP contribution in [0.15, 0.2) is 23.1 Å². The van der Waals surface area contributed by atoms with Crippen molar-refractivity contribution in [3.05, 3.63) is 29.3 Å². The molecule has 0 amide bonds. The molecule has 16 heteroatoms. The van der Waals surface area contributed by atoms with Gasteiger partial charge in [-0.1, -0.05) is 10.8 Å². The van der Waals surface area contributed by atoms with Crippen molar-refractivity contribution in [2.24, 2.45) is 0 Å². The van der Waals surface area contributed by atoms with E-state index in [2.05, 4.69) is 0 Å². The van der Waals surface area contributed by atoms with Crippen LogP contribution in [0.25, 0.3) is 0 Å². The largest absolute Gasteiger partial charge is 0.512 e. The van der Waals surface area contributed by atoms with Crippen molar-refractivity contribution in [3.63, 3.8) is 0 Å². The average molecular weight is 427 g/mol. The number of sulfonamides is 1. The fourth-order valence-electron chi connectivity index (χ4n) is 1.34. The zero-order valence-corrected chi connectivity index (χ0v) is 12.8. The second-order valence-corrected chi connectivity index (χ2v) is 8.03. The van der Waals surface area contributed by atoms with Crippen LogP contribution in [0.5, 0.6) is 0 Å². The SMILES string of the molecule is O=S(=O)(NS(O)(O)c1cc(C(F)(F)F)cc(C(F)(F)F)c1)C(F)(F)F. The Kier molecular flexibility index (Phi) is 5.40. The molecule has 0 bridgehead atoms. The summed E-state index contributed by atoms with van der Waals surface area (Å²) in [5.74, 6) is 0. The molecular weight excluding hydrogens is 421 g/mol. The van der Waals surface area contributed by atoms with Gasteiger partial charge in [0.2, 0.25) is 0 Å². The lowest BCUT2D eigenvalue weighted by Crippen LogP contribution is -2.38. The number of rotatable bonds is 3. The van der Waals surface area contributed by atoms with E-state index in [1.807, 2.05) is 0 Å². The van der Waals surface area contributed by atoms with E-state index in [-0.39, 0.29) is 16.3 Å². The summed E-state index contributed by atoms with van der Waals surface area (Å²) in [4.78, 5) is -1.75. The molecule has 1 aromatic rings. The Morgan fingerprint density at radius 2 is 1.12 bits per heavy atom. The second kappa shape index (κ2) is 6.19. The first-order valence-corrected chi connectivity index (χ1v) is 8.48. The Morgan fingerprint density at radius 1 is 0.760 bits per heavy atom. The van der Waals surface area contributed by atoms with E-state index in [0.717, 1.165) is 0 Å². The molecule has 0 saturated heterocycles.